The van der Waals surface area contributed by atoms with Gasteiger partial charge >= 0.3 is 0 Å². The summed E-state index contributed by atoms with van der Waals surface area (Å²) < 4.78 is 5.33. The Morgan fingerprint density at radius 2 is 2.38 bits per heavy atom. The minimum absolute atomic E-state index is 0.0438. The quantitative estimate of drug-likeness (QED) is 0.933. The molecule has 1 atom stereocenters. The third-order valence-corrected chi connectivity index (χ3v) is 4.28. The van der Waals surface area contributed by atoms with Crippen LogP contribution in [-0.4, -0.2) is 37.1 Å². The smallest absolute Gasteiger partial charge is 0.234 e. The van der Waals surface area contributed by atoms with E-state index in [2.05, 4.69) is 15.2 Å². The highest BCUT2D eigenvalue weighted by Gasteiger charge is 2.23. The van der Waals surface area contributed by atoms with Crippen LogP contribution < -0.4 is 15.0 Å². The van der Waals surface area contributed by atoms with Crippen molar-refractivity contribution in [1.29, 1.82) is 5.26 Å². The Labute approximate surface area is 141 Å². The summed E-state index contributed by atoms with van der Waals surface area (Å²) in [5.41, 5.74) is 0. The maximum atomic E-state index is 11.7. The lowest BCUT2D eigenvalue weighted by Crippen LogP contribution is -2.48. The van der Waals surface area contributed by atoms with Gasteiger partial charge in [-0.25, -0.2) is 4.98 Å². The highest BCUT2D eigenvalue weighted by molar-refractivity contribution is 5.93. The fraction of sp³-hybridized carbons (Fsp3) is 0.389. The average molecular weight is 324 g/mol. The maximum Gasteiger partial charge on any atom is 0.234 e. The molecule has 1 aliphatic rings. The van der Waals surface area contributed by atoms with Crippen LogP contribution in [0.1, 0.15) is 19.3 Å². The van der Waals surface area contributed by atoms with E-state index in [0.29, 0.717) is 6.54 Å². The van der Waals surface area contributed by atoms with Crippen LogP contribution in [0.2, 0.25) is 0 Å². The normalized spacial score (nSPS) is 17.3. The van der Waals surface area contributed by atoms with E-state index in [0.717, 1.165) is 41.7 Å². The molecule has 1 fully saturated rings. The summed E-state index contributed by atoms with van der Waals surface area (Å²) in [7, 11) is 1.65. The van der Waals surface area contributed by atoms with Crippen molar-refractivity contribution in [2.75, 3.05) is 25.1 Å². The third kappa shape index (κ3) is 3.40. The largest absolute Gasteiger partial charge is 0.497 e. The van der Waals surface area contributed by atoms with E-state index in [1.165, 1.54) is 0 Å². The first-order valence-corrected chi connectivity index (χ1v) is 8.05. The molecule has 1 aromatic carbocycles. The van der Waals surface area contributed by atoms with E-state index in [1.54, 1.807) is 7.11 Å². The van der Waals surface area contributed by atoms with Crippen LogP contribution >= 0.6 is 0 Å². The molecule has 1 N–H and O–H groups in total. The molecular weight excluding hydrogens is 304 g/mol. The number of fused-ring (bicyclic) bond motifs is 1. The van der Waals surface area contributed by atoms with Gasteiger partial charge in [-0.3, -0.25) is 4.79 Å². The summed E-state index contributed by atoms with van der Waals surface area (Å²) in [5, 5.41) is 13.7. The van der Waals surface area contributed by atoms with Gasteiger partial charge in [0, 0.05) is 30.7 Å². The van der Waals surface area contributed by atoms with Crippen LogP contribution in [0.3, 0.4) is 0 Å². The number of aromatic nitrogens is 1. The van der Waals surface area contributed by atoms with Crippen molar-refractivity contribution in [3.8, 4) is 11.8 Å². The Kier molecular flexibility index (Phi) is 4.80. The number of carbonyl (C=O) groups is 1. The molecule has 0 spiro atoms. The SMILES string of the molecule is COc1ccc2ccnc(N3CCC[C@H](NC(=O)CC#N)C3)c2c1. The Morgan fingerprint density at radius 1 is 1.50 bits per heavy atom. The summed E-state index contributed by atoms with van der Waals surface area (Å²) in [6.07, 6.45) is 3.60. The van der Waals surface area contributed by atoms with Gasteiger partial charge in [-0.05, 0) is 36.4 Å². The van der Waals surface area contributed by atoms with Gasteiger partial charge in [-0.2, -0.15) is 5.26 Å². The lowest BCUT2D eigenvalue weighted by Gasteiger charge is -2.34. The van der Waals surface area contributed by atoms with Crippen molar-refractivity contribution in [2.24, 2.45) is 0 Å². The molecule has 0 unspecified atom stereocenters. The fourth-order valence-corrected chi connectivity index (χ4v) is 3.15. The molecule has 6 heteroatoms. The molecule has 1 aromatic heterocycles. The molecule has 6 nitrogen and oxygen atoms in total. The second-order valence-electron chi connectivity index (χ2n) is 5.91. The van der Waals surface area contributed by atoms with Crippen LogP contribution in [0.5, 0.6) is 5.75 Å². The van der Waals surface area contributed by atoms with Gasteiger partial charge in [0.25, 0.3) is 0 Å². The first-order valence-electron chi connectivity index (χ1n) is 8.05. The number of hydrogen-bond donors (Lipinski definition) is 1. The van der Waals surface area contributed by atoms with Gasteiger partial charge in [0.1, 0.15) is 18.0 Å². The van der Waals surface area contributed by atoms with E-state index in [1.807, 2.05) is 36.5 Å². The van der Waals surface area contributed by atoms with Crippen molar-refractivity contribution in [1.82, 2.24) is 10.3 Å². The molecule has 1 aliphatic heterocycles. The summed E-state index contributed by atoms with van der Waals surface area (Å²) in [5.74, 6) is 1.50. The molecule has 1 amide bonds. The van der Waals surface area contributed by atoms with Crippen molar-refractivity contribution < 1.29 is 9.53 Å². The molecule has 1 saturated heterocycles. The van der Waals surface area contributed by atoms with Crippen molar-refractivity contribution in [3.63, 3.8) is 0 Å². The Bertz CT molecular complexity index is 784. The zero-order valence-electron chi connectivity index (χ0n) is 13.7. The number of amides is 1. The minimum atomic E-state index is -0.211. The predicted molar refractivity (Wildman–Crippen MR) is 91.9 cm³/mol. The molecule has 0 aliphatic carbocycles. The molecule has 2 heterocycles. The maximum absolute atomic E-state index is 11.7. The second-order valence-corrected chi connectivity index (χ2v) is 5.91. The van der Waals surface area contributed by atoms with Crippen molar-refractivity contribution in [3.05, 3.63) is 30.5 Å². The van der Waals surface area contributed by atoms with Gasteiger partial charge in [-0.15, -0.1) is 0 Å². The second kappa shape index (κ2) is 7.18. The molecular formula is C18H20N4O2. The Hall–Kier alpha value is -2.81. The third-order valence-electron chi connectivity index (χ3n) is 4.28. The van der Waals surface area contributed by atoms with Crippen LogP contribution in [0.4, 0.5) is 5.82 Å². The summed E-state index contributed by atoms with van der Waals surface area (Å²) in [4.78, 5) is 18.4. The number of nitriles is 1. The van der Waals surface area contributed by atoms with Gasteiger partial charge in [0.2, 0.25) is 5.91 Å². The van der Waals surface area contributed by atoms with Crippen LogP contribution in [0.15, 0.2) is 30.5 Å². The van der Waals surface area contributed by atoms with Crippen LogP contribution in [-0.2, 0) is 4.79 Å². The average Bonchev–Trinajstić information content (AvgIpc) is 2.61. The fourth-order valence-electron chi connectivity index (χ4n) is 3.15. The highest BCUT2D eigenvalue weighted by atomic mass is 16.5. The first kappa shape index (κ1) is 16.1. The van der Waals surface area contributed by atoms with E-state index in [9.17, 15) is 4.79 Å². The summed E-state index contributed by atoms with van der Waals surface area (Å²) >= 11 is 0. The lowest BCUT2D eigenvalue weighted by atomic mass is 10.0. The van der Waals surface area contributed by atoms with Crippen molar-refractivity contribution in [2.45, 2.75) is 25.3 Å². The van der Waals surface area contributed by atoms with Gasteiger partial charge in [-0.1, -0.05) is 6.07 Å². The van der Waals surface area contributed by atoms with Crippen LogP contribution in [0, 0.1) is 11.3 Å². The highest BCUT2D eigenvalue weighted by Crippen LogP contribution is 2.29. The van der Waals surface area contributed by atoms with Gasteiger partial charge in [0.05, 0.1) is 13.2 Å². The molecule has 124 valence electrons. The standard InChI is InChI=1S/C18H20N4O2/c1-24-15-5-4-13-7-9-20-18(16(13)11-15)22-10-2-3-14(12-22)21-17(23)6-8-19/h4-5,7,9,11,14H,2-3,6,10,12H2,1H3,(H,21,23)/t14-/m0/s1. The van der Waals surface area contributed by atoms with E-state index in [4.69, 9.17) is 10.00 Å². The number of nitrogens with zero attached hydrogens (tertiary/aromatic N) is 3. The topological polar surface area (TPSA) is 78.2 Å². The number of carbonyl (C=O) groups excluding carboxylic acids is 1. The summed E-state index contributed by atoms with van der Waals surface area (Å²) in [6.45, 7) is 1.59. The number of hydrogen-bond acceptors (Lipinski definition) is 5. The lowest BCUT2D eigenvalue weighted by molar-refractivity contribution is -0.120. The van der Waals surface area contributed by atoms with E-state index in [-0.39, 0.29) is 18.4 Å². The number of ether oxygens (including phenoxy) is 1. The van der Waals surface area contributed by atoms with Gasteiger partial charge in [0.15, 0.2) is 0 Å². The van der Waals surface area contributed by atoms with E-state index >= 15 is 0 Å². The van der Waals surface area contributed by atoms with E-state index < -0.39 is 0 Å². The Morgan fingerprint density at radius 3 is 3.17 bits per heavy atom. The number of nitrogens with one attached hydrogen (secondary N) is 1. The number of rotatable bonds is 4. The number of piperidine rings is 1. The van der Waals surface area contributed by atoms with Crippen molar-refractivity contribution >= 4 is 22.5 Å². The number of benzene rings is 1. The minimum Gasteiger partial charge on any atom is -0.497 e. The van der Waals surface area contributed by atoms with Gasteiger partial charge < -0.3 is 15.0 Å². The molecule has 0 radical (unpaired) electrons. The predicted octanol–water partition coefficient (Wildman–Crippen LogP) is 2.24. The molecule has 3 rings (SSSR count). The first-order chi connectivity index (χ1) is 11.7. The number of anilines is 1. The molecule has 2 aromatic rings. The monoisotopic (exact) mass is 324 g/mol. The molecule has 24 heavy (non-hydrogen) atoms. The number of methoxy groups -OCH3 is 1. The molecule has 0 saturated carbocycles. The zero-order chi connectivity index (χ0) is 16.9. The summed E-state index contributed by atoms with van der Waals surface area (Å²) in [6, 6.07) is 9.87. The van der Waals surface area contributed by atoms with Crippen LogP contribution in [0.25, 0.3) is 10.8 Å². The molecule has 0 bridgehead atoms. The Balaban J connectivity index is 1.84. The number of pyridine rings is 1. The zero-order valence-corrected chi connectivity index (χ0v) is 13.7.